The number of aromatic amines is 1. The van der Waals surface area contributed by atoms with Crippen LogP contribution in [0.2, 0.25) is 0 Å². The summed E-state index contributed by atoms with van der Waals surface area (Å²) < 4.78 is 0. The summed E-state index contributed by atoms with van der Waals surface area (Å²) in [6, 6.07) is 9.23. The molecule has 21 heavy (non-hydrogen) atoms. The van der Waals surface area contributed by atoms with E-state index >= 15 is 0 Å². The first-order valence-electron chi connectivity index (χ1n) is 6.93. The Morgan fingerprint density at radius 3 is 2.33 bits per heavy atom. The molecule has 2 rings (SSSR count). The van der Waals surface area contributed by atoms with Gasteiger partial charge in [-0.1, -0.05) is 38.1 Å². The van der Waals surface area contributed by atoms with Crippen LogP contribution in [-0.2, 0) is 11.2 Å². The Morgan fingerprint density at radius 2 is 1.81 bits per heavy atom. The van der Waals surface area contributed by atoms with Crippen LogP contribution < -0.4 is 0 Å². The summed E-state index contributed by atoms with van der Waals surface area (Å²) in [4.78, 5) is 26.1. The van der Waals surface area contributed by atoms with Crippen LogP contribution in [0.25, 0.3) is 0 Å². The smallest absolute Gasteiger partial charge is 0.309 e. The molecule has 4 heteroatoms. The molecule has 0 amide bonds. The number of aromatic nitrogens is 1. The second-order valence-electron chi connectivity index (χ2n) is 5.52. The number of carboxylic acids is 1. The molecular formula is C17H19NO3. The third-order valence-corrected chi connectivity index (χ3v) is 3.53. The Hall–Kier alpha value is -2.36. The highest BCUT2D eigenvalue weighted by Crippen LogP contribution is 2.18. The van der Waals surface area contributed by atoms with Gasteiger partial charge in [-0.25, -0.2) is 0 Å². The van der Waals surface area contributed by atoms with E-state index in [1.165, 1.54) is 5.56 Å². The SMILES string of the molecule is Cc1cc(C(=O)c2ccc(C(C)C)cc2)[nH]c1CC(=O)O. The van der Waals surface area contributed by atoms with Gasteiger partial charge < -0.3 is 10.1 Å². The van der Waals surface area contributed by atoms with Crippen molar-refractivity contribution in [2.75, 3.05) is 0 Å². The summed E-state index contributed by atoms with van der Waals surface area (Å²) in [5, 5.41) is 8.83. The van der Waals surface area contributed by atoms with Gasteiger partial charge in [0, 0.05) is 11.3 Å². The summed E-state index contributed by atoms with van der Waals surface area (Å²) >= 11 is 0. The molecule has 0 atom stereocenters. The van der Waals surface area contributed by atoms with E-state index in [0.717, 1.165) is 5.56 Å². The lowest BCUT2D eigenvalue weighted by Gasteiger charge is -2.05. The van der Waals surface area contributed by atoms with E-state index in [-0.39, 0.29) is 12.2 Å². The molecule has 0 bridgehead atoms. The van der Waals surface area contributed by atoms with Crippen LogP contribution in [0.5, 0.6) is 0 Å². The molecule has 1 aromatic carbocycles. The van der Waals surface area contributed by atoms with Crippen molar-refractivity contribution in [2.24, 2.45) is 0 Å². The largest absolute Gasteiger partial charge is 0.481 e. The number of hydrogen-bond donors (Lipinski definition) is 2. The molecule has 0 aliphatic heterocycles. The van der Waals surface area contributed by atoms with E-state index in [1.54, 1.807) is 13.0 Å². The van der Waals surface area contributed by atoms with Crippen LogP contribution in [0.1, 0.15) is 52.6 Å². The predicted molar refractivity (Wildman–Crippen MR) is 80.8 cm³/mol. The average Bonchev–Trinajstić information content (AvgIpc) is 2.78. The molecule has 0 saturated heterocycles. The van der Waals surface area contributed by atoms with Crippen molar-refractivity contribution in [3.8, 4) is 0 Å². The number of carboxylic acid groups (broad SMARTS) is 1. The number of rotatable bonds is 5. The standard InChI is InChI=1S/C17H19NO3/c1-10(2)12-4-6-13(7-5-12)17(21)15-8-11(3)14(18-15)9-16(19)20/h4-8,10,18H,9H2,1-3H3,(H,19,20). The van der Waals surface area contributed by atoms with Crippen molar-refractivity contribution in [3.63, 3.8) is 0 Å². The maximum Gasteiger partial charge on any atom is 0.309 e. The fourth-order valence-electron chi connectivity index (χ4n) is 2.23. The van der Waals surface area contributed by atoms with Gasteiger partial charge in [0.15, 0.2) is 0 Å². The number of ketones is 1. The van der Waals surface area contributed by atoms with Crippen molar-refractivity contribution in [1.82, 2.24) is 4.98 Å². The summed E-state index contributed by atoms with van der Waals surface area (Å²) in [7, 11) is 0. The van der Waals surface area contributed by atoms with Gasteiger partial charge in [-0.05, 0) is 30.0 Å². The minimum atomic E-state index is -0.916. The lowest BCUT2D eigenvalue weighted by Crippen LogP contribution is -2.04. The minimum Gasteiger partial charge on any atom is -0.481 e. The van der Waals surface area contributed by atoms with Gasteiger partial charge >= 0.3 is 5.97 Å². The third kappa shape index (κ3) is 3.40. The Bertz CT molecular complexity index is 666. The van der Waals surface area contributed by atoms with E-state index in [1.807, 2.05) is 24.3 Å². The molecule has 110 valence electrons. The van der Waals surface area contributed by atoms with Gasteiger partial charge in [-0.15, -0.1) is 0 Å². The molecule has 0 aliphatic carbocycles. The molecule has 1 aromatic heterocycles. The number of H-pyrrole nitrogens is 1. The van der Waals surface area contributed by atoms with Gasteiger partial charge in [0.25, 0.3) is 0 Å². The van der Waals surface area contributed by atoms with Gasteiger partial charge in [0.1, 0.15) is 0 Å². The first-order chi connectivity index (χ1) is 9.88. The molecule has 4 nitrogen and oxygen atoms in total. The molecule has 0 saturated carbocycles. The van der Waals surface area contributed by atoms with Crippen molar-refractivity contribution >= 4 is 11.8 Å². The van der Waals surface area contributed by atoms with E-state index < -0.39 is 5.97 Å². The normalized spacial score (nSPS) is 10.9. The van der Waals surface area contributed by atoms with Gasteiger partial charge in [-0.2, -0.15) is 0 Å². The Kier molecular flexibility index (Phi) is 4.26. The highest BCUT2D eigenvalue weighted by atomic mass is 16.4. The van der Waals surface area contributed by atoms with Crippen LogP contribution in [0.4, 0.5) is 0 Å². The third-order valence-electron chi connectivity index (χ3n) is 3.53. The molecule has 2 N–H and O–H groups in total. The fourth-order valence-corrected chi connectivity index (χ4v) is 2.23. The highest BCUT2D eigenvalue weighted by molar-refractivity contribution is 6.08. The Morgan fingerprint density at radius 1 is 1.19 bits per heavy atom. The first kappa shape index (κ1) is 15.0. The monoisotopic (exact) mass is 285 g/mol. The lowest BCUT2D eigenvalue weighted by molar-refractivity contribution is -0.136. The van der Waals surface area contributed by atoms with Crippen molar-refractivity contribution < 1.29 is 14.7 Å². The summed E-state index contributed by atoms with van der Waals surface area (Å²) in [5.41, 5.74) is 3.58. The molecule has 1 heterocycles. The Labute approximate surface area is 123 Å². The number of nitrogens with one attached hydrogen (secondary N) is 1. The van der Waals surface area contributed by atoms with E-state index in [4.69, 9.17) is 5.11 Å². The van der Waals surface area contributed by atoms with Crippen LogP contribution in [-0.4, -0.2) is 21.8 Å². The number of aliphatic carboxylic acids is 1. The second kappa shape index (κ2) is 5.95. The van der Waals surface area contributed by atoms with E-state index in [2.05, 4.69) is 18.8 Å². The predicted octanol–water partition coefficient (Wildman–Crippen LogP) is 3.30. The number of benzene rings is 1. The topological polar surface area (TPSA) is 70.2 Å². The van der Waals surface area contributed by atoms with Crippen molar-refractivity contribution in [1.29, 1.82) is 0 Å². The lowest BCUT2D eigenvalue weighted by atomic mass is 10.00. The number of aryl methyl sites for hydroxylation is 1. The van der Waals surface area contributed by atoms with Crippen molar-refractivity contribution in [3.05, 3.63) is 58.4 Å². The van der Waals surface area contributed by atoms with Crippen molar-refractivity contribution in [2.45, 2.75) is 33.1 Å². The molecule has 0 unspecified atom stereocenters. The maximum absolute atomic E-state index is 12.4. The molecule has 0 fully saturated rings. The summed E-state index contributed by atoms with van der Waals surface area (Å²) in [6.45, 7) is 6.00. The minimum absolute atomic E-state index is 0.106. The number of carbonyl (C=O) groups excluding carboxylic acids is 1. The maximum atomic E-state index is 12.4. The van der Waals surface area contributed by atoms with Gasteiger partial charge in [0.05, 0.1) is 12.1 Å². The van der Waals surface area contributed by atoms with Gasteiger partial charge in [0.2, 0.25) is 5.78 Å². The summed E-state index contributed by atoms with van der Waals surface area (Å²) in [5.74, 6) is -0.616. The van der Waals surface area contributed by atoms with E-state index in [9.17, 15) is 9.59 Å². The Balaban J connectivity index is 2.25. The zero-order chi connectivity index (χ0) is 15.6. The van der Waals surface area contributed by atoms with Crippen LogP contribution in [0.15, 0.2) is 30.3 Å². The highest BCUT2D eigenvalue weighted by Gasteiger charge is 2.15. The second-order valence-corrected chi connectivity index (χ2v) is 5.52. The molecule has 2 aromatic rings. The fraction of sp³-hybridized carbons (Fsp3) is 0.294. The number of carbonyl (C=O) groups is 2. The molecular weight excluding hydrogens is 266 g/mol. The molecule has 0 aliphatic rings. The van der Waals surface area contributed by atoms with Crippen LogP contribution in [0.3, 0.4) is 0 Å². The average molecular weight is 285 g/mol. The quantitative estimate of drug-likeness (QED) is 0.828. The molecule has 0 radical (unpaired) electrons. The van der Waals surface area contributed by atoms with E-state index in [0.29, 0.717) is 22.9 Å². The van der Waals surface area contributed by atoms with Crippen LogP contribution in [0, 0.1) is 6.92 Å². The van der Waals surface area contributed by atoms with Gasteiger partial charge in [-0.3, -0.25) is 9.59 Å². The number of hydrogen-bond acceptors (Lipinski definition) is 2. The zero-order valence-electron chi connectivity index (χ0n) is 12.4. The zero-order valence-corrected chi connectivity index (χ0v) is 12.4. The van der Waals surface area contributed by atoms with Crippen LogP contribution >= 0.6 is 0 Å². The molecule has 0 spiro atoms. The first-order valence-corrected chi connectivity index (χ1v) is 6.93. The summed E-state index contributed by atoms with van der Waals surface area (Å²) in [6.07, 6.45) is -0.106.